The van der Waals surface area contributed by atoms with Gasteiger partial charge in [0, 0.05) is 68.6 Å². The van der Waals surface area contributed by atoms with Gasteiger partial charge in [-0.1, -0.05) is 30.3 Å². The number of thiophene rings is 1. The number of fused-ring (bicyclic) bond motifs is 1. The van der Waals surface area contributed by atoms with Crippen molar-refractivity contribution >= 4 is 33.4 Å². The first-order valence-corrected chi connectivity index (χ1v) is 12.7. The first kappa shape index (κ1) is 22.1. The molecule has 0 unspecified atom stereocenters. The number of ether oxygens (including phenoxy) is 1. The monoisotopic (exact) mass is 489 g/mol. The lowest BCUT2D eigenvalue weighted by atomic mass is 10.2. The van der Waals surface area contributed by atoms with Gasteiger partial charge in [0.05, 0.1) is 23.4 Å². The maximum absolute atomic E-state index is 12.6. The van der Waals surface area contributed by atoms with Crippen LogP contribution >= 0.6 is 11.3 Å². The molecular weight excluding hydrogens is 462 g/mol. The van der Waals surface area contributed by atoms with E-state index in [1.54, 1.807) is 30.1 Å². The third kappa shape index (κ3) is 4.64. The molecule has 0 atom stereocenters. The van der Waals surface area contributed by atoms with Crippen LogP contribution in [-0.4, -0.2) is 87.8 Å². The van der Waals surface area contributed by atoms with Crippen LogP contribution in [0.5, 0.6) is 0 Å². The van der Waals surface area contributed by atoms with Gasteiger partial charge in [-0.15, -0.1) is 11.3 Å². The Hall–Kier alpha value is -3.34. The number of hydrogen-bond donors (Lipinski definition) is 0. The van der Waals surface area contributed by atoms with Gasteiger partial charge in [0.2, 0.25) is 0 Å². The molecule has 1 aromatic carbocycles. The Kier molecular flexibility index (Phi) is 6.15. The number of morpholine rings is 1. The highest BCUT2D eigenvalue weighted by Crippen LogP contribution is 2.35. The summed E-state index contributed by atoms with van der Waals surface area (Å²) >= 11 is 1.78. The second kappa shape index (κ2) is 9.73. The second-order valence-corrected chi connectivity index (χ2v) is 9.92. The van der Waals surface area contributed by atoms with Crippen molar-refractivity contribution in [1.82, 2.24) is 29.3 Å². The molecule has 2 fully saturated rings. The van der Waals surface area contributed by atoms with Crippen molar-refractivity contribution in [3.63, 3.8) is 0 Å². The minimum absolute atomic E-state index is 0.0112. The molecule has 4 aromatic rings. The summed E-state index contributed by atoms with van der Waals surface area (Å²) < 4.78 is 8.26. The van der Waals surface area contributed by atoms with Crippen molar-refractivity contribution in [2.24, 2.45) is 0 Å². The third-order valence-corrected chi connectivity index (χ3v) is 7.60. The van der Waals surface area contributed by atoms with Gasteiger partial charge in [-0.25, -0.2) is 19.7 Å². The maximum atomic E-state index is 12.6. The van der Waals surface area contributed by atoms with E-state index >= 15 is 0 Å². The summed E-state index contributed by atoms with van der Waals surface area (Å²) in [6.07, 6.45) is 4.89. The number of imidazole rings is 1. The van der Waals surface area contributed by atoms with E-state index in [9.17, 15) is 4.79 Å². The molecule has 0 radical (unpaired) electrons. The van der Waals surface area contributed by atoms with Gasteiger partial charge in [0.25, 0.3) is 0 Å². The molecule has 5 heterocycles. The van der Waals surface area contributed by atoms with Crippen LogP contribution in [0.2, 0.25) is 0 Å². The number of benzene rings is 1. The van der Waals surface area contributed by atoms with Gasteiger partial charge >= 0.3 is 6.03 Å². The fourth-order valence-electron chi connectivity index (χ4n) is 4.60. The van der Waals surface area contributed by atoms with E-state index in [0.29, 0.717) is 26.3 Å². The summed E-state index contributed by atoms with van der Waals surface area (Å²) in [4.78, 5) is 34.4. The second-order valence-electron chi connectivity index (χ2n) is 8.78. The first-order chi connectivity index (χ1) is 17.2. The lowest BCUT2D eigenvalue weighted by molar-refractivity contribution is 0.122. The van der Waals surface area contributed by atoms with Gasteiger partial charge in [0.1, 0.15) is 6.33 Å². The highest BCUT2D eigenvalue weighted by molar-refractivity contribution is 7.19. The Morgan fingerprint density at radius 1 is 1.00 bits per heavy atom. The van der Waals surface area contributed by atoms with E-state index in [0.717, 1.165) is 60.1 Å². The lowest BCUT2D eigenvalue weighted by Crippen LogP contribution is -2.49. The number of carbonyl (C=O) groups is 1. The predicted octanol–water partition coefficient (Wildman–Crippen LogP) is 3.18. The van der Waals surface area contributed by atoms with Crippen molar-refractivity contribution in [1.29, 1.82) is 0 Å². The lowest BCUT2D eigenvalue weighted by Gasteiger charge is -2.34. The summed E-state index contributed by atoms with van der Waals surface area (Å²) in [5.74, 6) is 1.76. The molecule has 0 bridgehead atoms. The molecule has 180 valence electrons. The van der Waals surface area contributed by atoms with Gasteiger partial charge < -0.3 is 14.5 Å². The van der Waals surface area contributed by atoms with Crippen LogP contribution in [-0.2, 0) is 11.3 Å². The largest absolute Gasteiger partial charge is 0.378 e. The molecule has 2 saturated heterocycles. The molecule has 0 spiro atoms. The maximum Gasteiger partial charge on any atom is 0.329 e. The summed E-state index contributed by atoms with van der Waals surface area (Å²) in [6, 6.07) is 12.4. The Labute approximate surface area is 207 Å². The van der Waals surface area contributed by atoms with E-state index < -0.39 is 0 Å². The van der Waals surface area contributed by atoms with Crippen molar-refractivity contribution in [3.8, 4) is 11.4 Å². The Morgan fingerprint density at radius 2 is 1.80 bits per heavy atom. The van der Waals surface area contributed by atoms with Crippen LogP contribution < -0.4 is 4.90 Å². The summed E-state index contributed by atoms with van der Waals surface area (Å²) in [5.41, 5.74) is 2.02. The van der Waals surface area contributed by atoms with E-state index in [1.807, 2.05) is 23.1 Å². The molecule has 3 aromatic heterocycles. The third-order valence-electron chi connectivity index (χ3n) is 6.49. The molecule has 0 N–H and O–H groups in total. The number of rotatable bonds is 4. The standard InChI is InChI=1S/C25H27N7O2S/c33-25(32-7-6-26-18-32)31-10-8-29(9-11-31)17-20-16-21-22(35-20)24(30-12-14-34-15-13-30)28-23(27-21)19-4-2-1-3-5-19/h1-7,16,18H,8-15,17H2. The van der Waals surface area contributed by atoms with E-state index in [4.69, 9.17) is 14.7 Å². The fraction of sp³-hybridized carbons (Fsp3) is 0.360. The van der Waals surface area contributed by atoms with E-state index in [1.165, 1.54) is 9.44 Å². The van der Waals surface area contributed by atoms with Crippen molar-refractivity contribution in [2.45, 2.75) is 6.54 Å². The zero-order chi connectivity index (χ0) is 23.6. The van der Waals surface area contributed by atoms with Crippen LogP contribution in [0.4, 0.5) is 10.6 Å². The molecule has 35 heavy (non-hydrogen) atoms. The normalized spacial score (nSPS) is 17.3. The Morgan fingerprint density at radius 3 is 2.54 bits per heavy atom. The average molecular weight is 490 g/mol. The number of carbonyl (C=O) groups excluding carboxylic acids is 1. The van der Waals surface area contributed by atoms with Crippen molar-refractivity contribution in [2.75, 3.05) is 57.4 Å². The molecule has 1 amide bonds. The fourth-order valence-corrected chi connectivity index (χ4v) is 5.76. The van der Waals surface area contributed by atoms with E-state index in [2.05, 4.69) is 33.0 Å². The molecule has 9 nitrogen and oxygen atoms in total. The minimum Gasteiger partial charge on any atom is -0.378 e. The molecule has 0 aliphatic carbocycles. The predicted molar refractivity (Wildman–Crippen MR) is 136 cm³/mol. The molecule has 0 saturated carbocycles. The van der Waals surface area contributed by atoms with Crippen LogP contribution in [0.25, 0.3) is 21.6 Å². The molecule has 2 aliphatic heterocycles. The molecular formula is C25H27N7O2S. The van der Waals surface area contributed by atoms with Gasteiger partial charge in [-0.2, -0.15) is 0 Å². The number of piperazine rings is 1. The van der Waals surface area contributed by atoms with Crippen LogP contribution in [0.15, 0.2) is 55.1 Å². The van der Waals surface area contributed by atoms with E-state index in [-0.39, 0.29) is 6.03 Å². The quantitative estimate of drug-likeness (QED) is 0.436. The SMILES string of the molecule is O=C(N1CCN(Cc2cc3nc(-c4ccccc4)nc(N4CCOCC4)c3s2)CC1)n1ccnc1. The minimum atomic E-state index is -0.0112. The molecule has 2 aliphatic rings. The van der Waals surface area contributed by atoms with Gasteiger partial charge in [0.15, 0.2) is 11.6 Å². The zero-order valence-corrected chi connectivity index (χ0v) is 20.2. The van der Waals surface area contributed by atoms with Gasteiger partial charge in [-0.05, 0) is 6.07 Å². The van der Waals surface area contributed by atoms with Crippen LogP contribution in [0.1, 0.15) is 4.88 Å². The molecule has 6 rings (SSSR count). The topological polar surface area (TPSA) is 79.6 Å². The summed E-state index contributed by atoms with van der Waals surface area (Å²) in [5, 5.41) is 0. The Balaban J connectivity index is 1.23. The van der Waals surface area contributed by atoms with Crippen molar-refractivity contribution < 1.29 is 9.53 Å². The number of anilines is 1. The molecule has 10 heteroatoms. The first-order valence-electron chi connectivity index (χ1n) is 11.9. The number of hydrogen-bond acceptors (Lipinski definition) is 8. The smallest absolute Gasteiger partial charge is 0.329 e. The number of nitrogens with zero attached hydrogens (tertiary/aromatic N) is 7. The van der Waals surface area contributed by atoms with Crippen LogP contribution in [0.3, 0.4) is 0 Å². The zero-order valence-electron chi connectivity index (χ0n) is 19.4. The summed E-state index contributed by atoms with van der Waals surface area (Å²) in [7, 11) is 0. The Bertz CT molecular complexity index is 1290. The number of amides is 1. The van der Waals surface area contributed by atoms with Gasteiger partial charge in [-0.3, -0.25) is 9.47 Å². The summed E-state index contributed by atoms with van der Waals surface area (Å²) in [6.45, 7) is 7.03. The van der Waals surface area contributed by atoms with Crippen molar-refractivity contribution in [3.05, 3.63) is 60.0 Å². The highest BCUT2D eigenvalue weighted by atomic mass is 32.1. The highest BCUT2D eigenvalue weighted by Gasteiger charge is 2.24. The number of aromatic nitrogens is 4. The van der Waals surface area contributed by atoms with Crippen LogP contribution in [0, 0.1) is 0 Å². The average Bonchev–Trinajstić information content (AvgIpc) is 3.59.